The lowest BCUT2D eigenvalue weighted by molar-refractivity contribution is -0.0883. The van der Waals surface area contributed by atoms with Gasteiger partial charge in [0.15, 0.2) is 0 Å². The van der Waals surface area contributed by atoms with Crippen molar-refractivity contribution >= 4 is 0 Å². The van der Waals surface area contributed by atoms with Crippen molar-refractivity contribution in [3.63, 3.8) is 0 Å². The van der Waals surface area contributed by atoms with E-state index in [0.717, 1.165) is 64.5 Å². The van der Waals surface area contributed by atoms with Gasteiger partial charge in [-0.05, 0) is 69.0 Å². The van der Waals surface area contributed by atoms with Crippen LogP contribution in [0.1, 0.15) is 64.9 Å². The van der Waals surface area contributed by atoms with Crippen LogP contribution in [0.3, 0.4) is 0 Å². The molecule has 0 amide bonds. The lowest BCUT2D eigenvalue weighted by Crippen LogP contribution is -2.51. The van der Waals surface area contributed by atoms with Crippen LogP contribution in [0.25, 0.3) is 0 Å². The fraction of sp³-hybridized carbons (Fsp3) is 0.645. The third kappa shape index (κ3) is 7.48. The molecule has 1 aromatic rings. The molecule has 2 aliphatic rings. The van der Waals surface area contributed by atoms with Gasteiger partial charge < -0.3 is 4.90 Å². The van der Waals surface area contributed by atoms with Gasteiger partial charge in [0, 0.05) is 26.2 Å². The summed E-state index contributed by atoms with van der Waals surface area (Å²) in [5, 5.41) is 10.6. The van der Waals surface area contributed by atoms with E-state index >= 15 is 0 Å². The third-order valence-corrected chi connectivity index (χ3v) is 8.48. The molecule has 0 spiro atoms. The van der Waals surface area contributed by atoms with E-state index in [4.69, 9.17) is 0 Å². The van der Waals surface area contributed by atoms with Crippen LogP contribution in [0.2, 0.25) is 0 Å². The van der Waals surface area contributed by atoms with Crippen molar-refractivity contribution in [2.24, 2.45) is 17.8 Å². The molecule has 3 rings (SSSR count). The van der Waals surface area contributed by atoms with E-state index in [-0.39, 0.29) is 5.92 Å². The largest absolute Gasteiger partial charge is 0.416 e. The summed E-state index contributed by atoms with van der Waals surface area (Å²) in [5.74, 6) is 1.23. The molecule has 2 atom stereocenters. The summed E-state index contributed by atoms with van der Waals surface area (Å²) >= 11 is 0. The Morgan fingerprint density at radius 1 is 1.16 bits per heavy atom. The minimum absolute atomic E-state index is 0.264. The van der Waals surface area contributed by atoms with E-state index in [1.54, 1.807) is 6.08 Å². The number of likely N-dealkylation sites (tertiary alicyclic amines) is 1. The molecule has 2 unspecified atom stereocenters. The number of nitrogens with zero attached hydrogens (tertiary/aromatic N) is 3. The monoisotopic (exact) mass is 515 g/mol. The van der Waals surface area contributed by atoms with Crippen LogP contribution in [0.4, 0.5) is 13.2 Å². The van der Waals surface area contributed by atoms with Gasteiger partial charge in [0.25, 0.3) is 0 Å². The zero-order valence-corrected chi connectivity index (χ0v) is 22.8. The Morgan fingerprint density at radius 3 is 2.41 bits per heavy atom. The molecule has 204 valence electrons. The zero-order chi connectivity index (χ0) is 26.9. The molecule has 1 aliphatic heterocycles. The average Bonchev–Trinajstić information content (AvgIpc) is 3.39. The molecule has 0 N–H and O–H groups in total. The van der Waals surface area contributed by atoms with Gasteiger partial charge in [0.1, 0.15) is 0 Å². The van der Waals surface area contributed by atoms with Crippen molar-refractivity contribution in [2.45, 2.75) is 70.9 Å². The fourth-order valence-electron chi connectivity index (χ4n) is 6.49. The minimum Gasteiger partial charge on any atom is -0.303 e. The molecule has 1 aliphatic carbocycles. The van der Waals surface area contributed by atoms with E-state index in [9.17, 15) is 18.4 Å². The Hall–Kier alpha value is -2.10. The van der Waals surface area contributed by atoms with Crippen LogP contribution in [-0.4, -0.2) is 55.2 Å². The maximum absolute atomic E-state index is 12.9. The summed E-state index contributed by atoms with van der Waals surface area (Å²) in [7, 11) is 0. The minimum atomic E-state index is -4.29. The first-order chi connectivity index (χ1) is 17.7. The Bertz CT molecular complexity index is 921. The Labute approximate surface area is 222 Å². The Kier molecular flexibility index (Phi) is 10.8. The van der Waals surface area contributed by atoms with Crippen LogP contribution >= 0.6 is 0 Å². The lowest BCUT2D eigenvalue weighted by atomic mass is 9.62. The number of alkyl halides is 3. The Balaban J connectivity index is 1.55. The topological polar surface area (TPSA) is 30.3 Å². The summed E-state index contributed by atoms with van der Waals surface area (Å²) in [5.41, 5.74) is 0.153. The molecule has 2 fully saturated rings. The molecule has 1 heterocycles. The van der Waals surface area contributed by atoms with Gasteiger partial charge >= 0.3 is 6.18 Å². The van der Waals surface area contributed by atoms with Gasteiger partial charge in [-0.15, -0.1) is 0 Å². The number of hydrogen-bond donors (Lipinski definition) is 0. The standard InChI is InChI=1S/C31H44F3N3/c1-4-18-36(21-26-22-37(23-26)19-11-16-27(5-2)31(32,33)34)20-17-25(3)30(24-35,29-14-9-10-15-29)28-12-7-6-8-13-28/h5-8,11-13,16,25-26,29H,4,9-10,14-15,17-23H2,1-3H3/b16-11-,27-5+. The van der Waals surface area contributed by atoms with Gasteiger partial charge in [-0.1, -0.05) is 75.2 Å². The first-order valence-electron chi connectivity index (χ1n) is 14.1. The van der Waals surface area contributed by atoms with Gasteiger partial charge in [0.2, 0.25) is 0 Å². The highest BCUT2D eigenvalue weighted by molar-refractivity contribution is 5.35. The SMILES string of the molecule is C/C=C(\C=C/CN1CC(CN(CCC)CCC(C)C(C#N)(c2ccccc2)C2CCCC2)C1)C(F)(F)F. The molecule has 0 radical (unpaired) electrons. The second-order valence-corrected chi connectivity index (χ2v) is 11.0. The van der Waals surface area contributed by atoms with E-state index in [1.807, 2.05) is 6.07 Å². The number of allylic oxidation sites excluding steroid dienone is 3. The highest BCUT2D eigenvalue weighted by Gasteiger charge is 2.46. The first-order valence-corrected chi connectivity index (χ1v) is 14.1. The Morgan fingerprint density at radius 2 is 1.84 bits per heavy atom. The molecule has 0 aromatic heterocycles. The van der Waals surface area contributed by atoms with Crippen molar-refractivity contribution in [1.29, 1.82) is 5.26 Å². The fourth-order valence-corrected chi connectivity index (χ4v) is 6.49. The summed E-state index contributed by atoms with van der Waals surface area (Å²) in [6.45, 7) is 11.3. The summed E-state index contributed by atoms with van der Waals surface area (Å²) in [4.78, 5) is 4.74. The molecule has 1 saturated heterocycles. The molecule has 0 bridgehead atoms. The molecule has 37 heavy (non-hydrogen) atoms. The average molecular weight is 516 g/mol. The maximum Gasteiger partial charge on any atom is 0.416 e. The van der Waals surface area contributed by atoms with E-state index < -0.39 is 17.2 Å². The molecule has 3 nitrogen and oxygen atoms in total. The van der Waals surface area contributed by atoms with Crippen LogP contribution in [0, 0.1) is 29.1 Å². The quantitative estimate of drug-likeness (QED) is 0.257. The molecule has 1 saturated carbocycles. The third-order valence-electron chi connectivity index (χ3n) is 8.48. The van der Waals surface area contributed by atoms with E-state index in [1.165, 1.54) is 31.4 Å². The van der Waals surface area contributed by atoms with Crippen LogP contribution in [0.5, 0.6) is 0 Å². The van der Waals surface area contributed by atoms with E-state index in [0.29, 0.717) is 18.4 Å². The number of hydrogen-bond acceptors (Lipinski definition) is 3. The molecule has 1 aromatic carbocycles. The highest BCUT2D eigenvalue weighted by Crippen LogP contribution is 2.47. The molecular weight excluding hydrogens is 471 g/mol. The van der Waals surface area contributed by atoms with Crippen LogP contribution in [-0.2, 0) is 5.41 Å². The van der Waals surface area contributed by atoms with Crippen molar-refractivity contribution in [3.8, 4) is 6.07 Å². The predicted molar refractivity (Wildman–Crippen MR) is 145 cm³/mol. The normalized spacial score (nSPS) is 20.8. The van der Waals surface area contributed by atoms with Gasteiger partial charge in [0.05, 0.1) is 17.1 Å². The van der Waals surface area contributed by atoms with Crippen molar-refractivity contribution in [1.82, 2.24) is 9.80 Å². The summed E-state index contributed by atoms with van der Waals surface area (Å²) in [6.07, 6.45) is 6.42. The smallest absolute Gasteiger partial charge is 0.303 e. The van der Waals surface area contributed by atoms with Gasteiger partial charge in [-0.2, -0.15) is 18.4 Å². The number of nitriles is 1. The van der Waals surface area contributed by atoms with E-state index in [2.05, 4.69) is 54.0 Å². The number of halogens is 3. The highest BCUT2D eigenvalue weighted by atomic mass is 19.4. The molecular formula is C31H44F3N3. The van der Waals surface area contributed by atoms with Crippen molar-refractivity contribution in [3.05, 3.63) is 59.7 Å². The molecule has 6 heteroatoms. The van der Waals surface area contributed by atoms with Crippen molar-refractivity contribution in [2.75, 3.05) is 39.3 Å². The zero-order valence-electron chi connectivity index (χ0n) is 22.8. The number of rotatable bonds is 13. The first kappa shape index (κ1) is 29.5. The second-order valence-electron chi connectivity index (χ2n) is 11.0. The maximum atomic E-state index is 12.9. The van der Waals surface area contributed by atoms with Crippen LogP contribution < -0.4 is 0 Å². The number of benzene rings is 1. The lowest BCUT2D eigenvalue weighted by Gasteiger charge is -2.42. The second kappa shape index (κ2) is 13.6. The summed E-state index contributed by atoms with van der Waals surface area (Å²) in [6, 6.07) is 13.3. The van der Waals surface area contributed by atoms with Gasteiger partial charge in [-0.25, -0.2) is 0 Å². The predicted octanol–water partition coefficient (Wildman–Crippen LogP) is 7.37. The van der Waals surface area contributed by atoms with Gasteiger partial charge in [-0.3, -0.25) is 4.90 Å². The summed E-state index contributed by atoms with van der Waals surface area (Å²) < 4.78 is 38.6. The van der Waals surface area contributed by atoms with Crippen LogP contribution in [0.15, 0.2) is 54.1 Å². The van der Waals surface area contributed by atoms with Crippen molar-refractivity contribution < 1.29 is 13.2 Å².